The first-order valence-corrected chi connectivity index (χ1v) is 14.5. The molecule has 0 amide bonds. The molecule has 5 aromatic rings. The number of hydrogen-bond acceptors (Lipinski definition) is 1. The molecule has 0 radical (unpaired) electrons. The van der Waals surface area contributed by atoms with Crippen LogP contribution in [0.5, 0.6) is 0 Å². The van der Waals surface area contributed by atoms with Crippen LogP contribution >= 0.6 is 0 Å². The predicted octanol–water partition coefficient (Wildman–Crippen LogP) is 9.24. The van der Waals surface area contributed by atoms with Gasteiger partial charge < -0.3 is 0 Å². The molecule has 1 aromatic heterocycles. The van der Waals surface area contributed by atoms with Crippen LogP contribution in [0.2, 0.25) is 0 Å². The van der Waals surface area contributed by atoms with Gasteiger partial charge in [0.1, 0.15) is 0 Å². The van der Waals surface area contributed by atoms with Crippen molar-refractivity contribution in [1.82, 2.24) is 0 Å². The van der Waals surface area contributed by atoms with E-state index in [1.807, 2.05) is 12.1 Å². The number of benzene rings is 4. The molecular weight excluding hydrogens is 527 g/mol. The molecule has 0 N–H and O–H groups in total. The zero-order valence-electron chi connectivity index (χ0n) is 21.2. The number of allylic oxidation sites excluding steroid dienone is 4. The van der Waals surface area contributed by atoms with Gasteiger partial charge in [-0.1, -0.05) is 0 Å². The van der Waals surface area contributed by atoms with E-state index in [1.54, 1.807) is 0 Å². The van der Waals surface area contributed by atoms with Crippen molar-refractivity contribution < 1.29 is 4.74 Å². The summed E-state index contributed by atoms with van der Waals surface area (Å²) in [4.78, 5) is 0. The maximum atomic E-state index is 6.46. The molecular formula is C36H27OSe+. The molecule has 2 heterocycles. The minimum atomic E-state index is 0.211. The summed E-state index contributed by atoms with van der Waals surface area (Å²) < 4.78 is 9.24. The van der Waals surface area contributed by atoms with E-state index in [4.69, 9.17) is 4.74 Å². The topological polar surface area (TPSA) is 9.23 Å². The summed E-state index contributed by atoms with van der Waals surface area (Å²) in [6, 6.07) is 47.0. The molecule has 2 heteroatoms. The molecule has 6 rings (SSSR count). The van der Waals surface area contributed by atoms with Crippen molar-refractivity contribution in [3.05, 3.63) is 168 Å². The van der Waals surface area contributed by atoms with Gasteiger partial charge in [-0.05, 0) is 0 Å². The predicted molar refractivity (Wildman–Crippen MR) is 161 cm³/mol. The quantitative estimate of drug-likeness (QED) is 0.197. The van der Waals surface area contributed by atoms with Gasteiger partial charge in [0.2, 0.25) is 0 Å². The fraction of sp³-hybridized carbons (Fsp3) is 0.0278. The first kappa shape index (κ1) is 24.1. The number of ether oxygens (including phenoxy) is 1. The second-order valence-electron chi connectivity index (χ2n) is 9.24. The standard InChI is InChI=1S/C36H27OSe/c1-26(31-22-33(27-14-6-2-7-15-27)37-34(23-31)28-16-8-3-9-17-28)32-24-35(29-18-10-4-11-19-29)38-36(25-32)30-20-12-5-13-21-30/h2-25H,1H3/q+1. The third-order valence-electron chi connectivity index (χ3n) is 6.69. The first-order chi connectivity index (χ1) is 18.7. The number of rotatable bonds is 5. The van der Waals surface area contributed by atoms with Gasteiger partial charge in [0, 0.05) is 0 Å². The maximum absolute atomic E-state index is 6.46. The first-order valence-electron chi connectivity index (χ1n) is 12.8. The molecule has 1 nitrogen and oxygen atoms in total. The van der Waals surface area contributed by atoms with Crippen LogP contribution in [0.25, 0.3) is 37.1 Å². The molecule has 0 unspecified atom stereocenters. The van der Waals surface area contributed by atoms with Gasteiger partial charge in [0.15, 0.2) is 0 Å². The van der Waals surface area contributed by atoms with E-state index in [2.05, 4.69) is 140 Å². The van der Waals surface area contributed by atoms with Gasteiger partial charge in [-0.2, -0.15) is 0 Å². The summed E-state index contributed by atoms with van der Waals surface area (Å²) >= 11 is 0.211. The molecule has 0 fully saturated rings. The van der Waals surface area contributed by atoms with E-state index < -0.39 is 0 Å². The van der Waals surface area contributed by atoms with Crippen molar-refractivity contribution in [2.24, 2.45) is 0 Å². The van der Waals surface area contributed by atoms with Crippen molar-refractivity contribution in [1.29, 1.82) is 0 Å². The van der Waals surface area contributed by atoms with Crippen LogP contribution in [-0.2, 0) is 4.74 Å². The molecule has 1 aliphatic rings. The molecule has 0 aliphatic carbocycles. The molecule has 0 saturated heterocycles. The van der Waals surface area contributed by atoms with Gasteiger partial charge in [0.25, 0.3) is 0 Å². The Morgan fingerprint density at radius 3 is 1.26 bits per heavy atom. The van der Waals surface area contributed by atoms with Gasteiger partial charge in [-0.15, -0.1) is 0 Å². The minimum absolute atomic E-state index is 0.211. The van der Waals surface area contributed by atoms with E-state index in [0.717, 1.165) is 28.2 Å². The van der Waals surface area contributed by atoms with Gasteiger partial charge >= 0.3 is 231 Å². The van der Waals surface area contributed by atoms with Gasteiger partial charge in [-0.25, -0.2) is 0 Å². The van der Waals surface area contributed by atoms with Gasteiger partial charge in [-0.3, -0.25) is 0 Å². The molecule has 0 bridgehead atoms. The Morgan fingerprint density at radius 1 is 0.500 bits per heavy atom. The molecule has 38 heavy (non-hydrogen) atoms. The summed E-state index contributed by atoms with van der Waals surface area (Å²) in [6.45, 7) is 2.23. The van der Waals surface area contributed by atoms with Gasteiger partial charge in [0.05, 0.1) is 0 Å². The molecule has 0 atom stereocenters. The van der Waals surface area contributed by atoms with Crippen LogP contribution in [0.1, 0.15) is 23.6 Å². The zero-order chi connectivity index (χ0) is 25.7. The Hall–Kier alpha value is -4.23. The van der Waals surface area contributed by atoms with E-state index in [1.165, 1.54) is 31.1 Å². The molecule has 1 aliphatic heterocycles. The average molecular weight is 555 g/mol. The monoisotopic (exact) mass is 555 g/mol. The second kappa shape index (κ2) is 11.0. The Morgan fingerprint density at radius 2 is 0.868 bits per heavy atom. The zero-order valence-corrected chi connectivity index (χ0v) is 22.9. The molecule has 4 aromatic carbocycles. The van der Waals surface area contributed by atoms with E-state index in [-0.39, 0.29) is 14.5 Å². The van der Waals surface area contributed by atoms with Crippen molar-refractivity contribution in [3.63, 3.8) is 0 Å². The Kier molecular flexibility index (Phi) is 7.00. The average Bonchev–Trinajstić information content (AvgIpc) is 3.02. The molecule has 0 saturated carbocycles. The van der Waals surface area contributed by atoms with Crippen LogP contribution in [0.15, 0.2) is 151 Å². The normalized spacial score (nSPS) is 12.8. The molecule has 182 valence electrons. The Labute approximate surface area is 230 Å². The third kappa shape index (κ3) is 5.24. The Bertz CT molecular complexity index is 1530. The van der Waals surface area contributed by atoms with Crippen molar-refractivity contribution in [3.8, 4) is 20.0 Å². The fourth-order valence-corrected chi connectivity index (χ4v) is 6.92. The summed E-state index contributed by atoms with van der Waals surface area (Å²) in [7, 11) is 0. The van der Waals surface area contributed by atoms with Crippen LogP contribution in [-0.4, -0.2) is 14.5 Å². The van der Waals surface area contributed by atoms with Crippen LogP contribution in [0.4, 0.5) is 0 Å². The fourth-order valence-electron chi connectivity index (χ4n) is 4.58. The van der Waals surface area contributed by atoms with E-state index in [0.29, 0.717) is 0 Å². The van der Waals surface area contributed by atoms with E-state index >= 15 is 0 Å². The van der Waals surface area contributed by atoms with Crippen LogP contribution < -0.4 is 0 Å². The molecule has 0 spiro atoms. The Balaban J connectivity index is 1.54. The third-order valence-corrected chi connectivity index (χ3v) is 9.09. The summed E-state index contributed by atoms with van der Waals surface area (Å²) in [5.41, 5.74) is 8.34. The summed E-state index contributed by atoms with van der Waals surface area (Å²) in [5.74, 6) is 1.72. The number of hydrogen-bond donors (Lipinski definition) is 0. The van der Waals surface area contributed by atoms with Crippen LogP contribution in [0, 0.1) is 0 Å². The van der Waals surface area contributed by atoms with E-state index in [9.17, 15) is 0 Å². The van der Waals surface area contributed by atoms with Crippen LogP contribution in [0.3, 0.4) is 0 Å². The second-order valence-corrected chi connectivity index (χ2v) is 11.5. The van der Waals surface area contributed by atoms with Crippen molar-refractivity contribution >= 4 is 31.6 Å². The summed E-state index contributed by atoms with van der Waals surface area (Å²) in [6.07, 6.45) is 4.35. The van der Waals surface area contributed by atoms with Crippen molar-refractivity contribution in [2.45, 2.75) is 6.92 Å². The summed E-state index contributed by atoms with van der Waals surface area (Å²) in [5, 5.41) is 0. The van der Waals surface area contributed by atoms with Crippen molar-refractivity contribution in [2.75, 3.05) is 0 Å². The SMILES string of the molecule is CC(=C1C=C(c2ccccc2)OC(c2ccccc2)=C1)c1cc(-c2ccccc2)[se+]c(-c2ccccc2)c1.